The lowest BCUT2D eigenvalue weighted by Crippen LogP contribution is -2.48. The molecule has 0 spiro atoms. The van der Waals surface area contributed by atoms with E-state index in [1.165, 1.54) is 18.2 Å². The Morgan fingerprint density at radius 3 is 2.28 bits per heavy atom. The number of benzene rings is 1. The van der Waals surface area contributed by atoms with Crippen LogP contribution in [0.1, 0.15) is 25.8 Å². The molecule has 0 saturated heterocycles. The van der Waals surface area contributed by atoms with Gasteiger partial charge < -0.3 is 14.8 Å². The van der Waals surface area contributed by atoms with Gasteiger partial charge in [0.25, 0.3) is 5.69 Å². The summed E-state index contributed by atoms with van der Waals surface area (Å²) in [4.78, 5) is 45.8. The SMILES string of the molecule is CCOC(=O)C(NC(=O)CCc1cccc([N+](=O)[O-])c1)C(=O)OCC. The molecule has 0 aliphatic rings. The summed E-state index contributed by atoms with van der Waals surface area (Å²) in [5.41, 5.74) is 0.516. The van der Waals surface area contributed by atoms with Crippen molar-refractivity contribution in [2.24, 2.45) is 0 Å². The first kappa shape index (κ1) is 20.1. The van der Waals surface area contributed by atoms with Crippen LogP contribution in [0.15, 0.2) is 24.3 Å². The van der Waals surface area contributed by atoms with Crippen molar-refractivity contribution in [1.29, 1.82) is 0 Å². The van der Waals surface area contributed by atoms with Gasteiger partial charge in [0, 0.05) is 18.6 Å². The fourth-order valence-electron chi connectivity index (χ4n) is 1.98. The fraction of sp³-hybridized carbons (Fsp3) is 0.438. The van der Waals surface area contributed by atoms with E-state index in [1.807, 2.05) is 0 Å². The van der Waals surface area contributed by atoms with Gasteiger partial charge >= 0.3 is 11.9 Å². The summed E-state index contributed by atoms with van der Waals surface area (Å²) in [6.45, 7) is 3.26. The third-order valence-corrected chi connectivity index (χ3v) is 3.11. The molecule has 1 aromatic carbocycles. The van der Waals surface area contributed by atoms with Gasteiger partial charge in [-0.05, 0) is 25.8 Å². The number of nitrogens with zero attached hydrogens (tertiary/aromatic N) is 1. The van der Waals surface area contributed by atoms with E-state index in [0.717, 1.165) is 0 Å². The molecule has 0 radical (unpaired) electrons. The van der Waals surface area contributed by atoms with E-state index in [-0.39, 0.29) is 31.7 Å². The van der Waals surface area contributed by atoms with Crippen molar-refractivity contribution in [3.8, 4) is 0 Å². The van der Waals surface area contributed by atoms with E-state index < -0.39 is 28.8 Å². The van der Waals surface area contributed by atoms with Crippen LogP contribution >= 0.6 is 0 Å². The second kappa shape index (κ2) is 10.0. The third-order valence-electron chi connectivity index (χ3n) is 3.11. The van der Waals surface area contributed by atoms with Gasteiger partial charge in [-0.2, -0.15) is 0 Å². The van der Waals surface area contributed by atoms with Crippen LogP contribution in [-0.4, -0.2) is 42.0 Å². The number of esters is 2. The van der Waals surface area contributed by atoms with E-state index in [1.54, 1.807) is 19.9 Å². The lowest BCUT2D eigenvalue weighted by Gasteiger charge is -2.15. The number of hydrogen-bond acceptors (Lipinski definition) is 7. The molecule has 0 saturated carbocycles. The number of nitro groups is 1. The first-order valence-corrected chi connectivity index (χ1v) is 7.75. The van der Waals surface area contributed by atoms with Crippen molar-refractivity contribution in [2.75, 3.05) is 13.2 Å². The Bertz CT molecular complexity index is 627. The summed E-state index contributed by atoms with van der Waals surface area (Å²) in [6, 6.07) is 4.35. The Kier molecular flexibility index (Phi) is 8.04. The zero-order chi connectivity index (χ0) is 18.8. The van der Waals surface area contributed by atoms with Crippen LogP contribution in [0.3, 0.4) is 0 Å². The van der Waals surface area contributed by atoms with E-state index in [0.29, 0.717) is 5.56 Å². The Morgan fingerprint density at radius 1 is 1.16 bits per heavy atom. The average Bonchev–Trinajstić information content (AvgIpc) is 2.58. The van der Waals surface area contributed by atoms with Crippen LogP contribution in [0.2, 0.25) is 0 Å². The predicted molar refractivity (Wildman–Crippen MR) is 86.6 cm³/mol. The molecule has 0 unspecified atom stereocenters. The number of non-ortho nitro benzene ring substituents is 1. The number of rotatable bonds is 9. The highest BCUT2D eigenvalue weighted by molar-refractivity contribution is 6.02. The van der Waals surface area contributed by atoms with Gasteiger partial charge in [0.05, 0.1) is 18.1 Å². The van der Waals surface area contributed by atoms with Crippen LogP contribution in [0, 0.1) is 10.1 Å². The second-order valence-electron chi connectivity index (χ2n) is 4.93. The average molecular weight is 352 g/mol. The number of nitro benzene ring substituents is 1. The van der Waals surface area contributed by atoms with Gasteiger partial charge in [0.15, 0.2) is 0 Å². The fourth-order valence-corrected chi connectivity index (χ4v) is 1.98. The number of carbonyl (C=O) groups excluding carboxylic acids is 3. The summed E-state index contributed by atoms with van der Waals surface area (Å²) in [7, 11) is 0. The zero-order valence-corrected chi connectivity index (χ0v) is 14.0. The molecule has 0 bridgehead atoms. The Balaban J connectivity index is 2.68. The lowest BCUT2D eigenvalue weighted by molar-refractivity contribution is -0.384. The number of aryl methyl sites for hydroxylation is 1. The highest BCUT2D eigenvalue weighted by atomic mass is 16.6. The molecule has 1 aromatic rings. The van der Waals surface area contributed by atoms with Crippen molar-refractivity contribution in [1.82, 2.24) is 5.32 Å². The monoisotopic (exact) mass is 352 g/mol. The van der Waals surface area contributed by atoms with Crippen LogP contribution in [0.5, 0.6) is 0 Å². The summed E-state index contributed by atoms with van der Waals surface area (Å²) in [6.07, 6.45) is 0.155. The van der Waals surface area contributed by atoms with Crippen molar-refractivity contribution in [3.63, 3.8) is 0 Å². The molecule has 1 rings (SSSR count). The molecule has 25 heavy (non-hydrogen) atoms. The smallest absolute Gasteiger partial charge is 0.340 e. The minimum atomic E-state index is -1.53. The standard InChI is InChI=1S/C16H20N2O7/c1-3-24-15(20)14(16(21)25-4-2)17-13(19)9-8-11-6-5-7-12(10-11)18(22)23/h5-7,10,14H,3-4,8-9H2,1-2H3,(H,17,19). The molecule has 0 aliphatic heterocycles. The molecular formula is C16H20N2O7. The van der Waals surface area contributed by atoms with Gasteiger partial charge in [-0.25, -0.2) is 9.59 Å². The molecule has 0 aromatic heterocycles. The van der Waals surface area contributed by atoms with E-state index in [9.17, 15) is 24.5 Å². The van der Waals surface area contributed by atoms with Crippen LogP contribution < -0.4 is 5.32 Å². The molecule has 136 valence electrons. The summed E-state index contributed by atoms with van der Waals surface area (Å²) >= 11 is 0. The highest BCUT2D eigenvalue weighted by Gasteiger charge is 2.31. The molecule has 1 amide bonds. The number of ether oxygens (including phenoxy) is 2. The normalized spacial score (nSPS) is 10.2. The minimum absolute atomic E-state index is 0.0539. The first-order chi connectivity index (χ1) is 11.9. The largest absolute Gasteiger partial charge is 0.464 e. The molecular weight excluding hydrogens is 332 g/mol. The van der Waals surface area contributed by atoms with Gasteiger partial charge in [0.1, 0.15) is 0 Å². The summed E-state index contributed by atoms with van der Waals surface area (Å²) in [5, 5.41) is 13.0. The first-order valence-electron chi connectivity index (χ1n) is 7.75. The Morgan fingerprint density at radius 2 is 1.76 bits per heavy atom. The molecule has 0 aliphatic carbocycles. The minimum Gasteiger partial charge on any atom is -0.464 e. The van der Waals surface area contributed by atoms with Crippen molar-refractivity contribution >= 4 is 23.5 Å². The third kappa shape index (κ3) is 6.58. The number of carbonyl (C=O) groups is 3. The topological polar surface area (TPSA) is 125 Å². The number of amides is 1. The maximum absolute atomic E-state index is 12.0. The van der Waals surface area contributed by atoms with E-state index >= 15 is 0 Å². The molecule has 0 fully saturated rings. The lowest BCUT2D eigenvalue weighted by atomic mass is 10.1. The highest BCUT2D eigenvalue weighted by Crippen LogP contribution is 2.14. The number of nitrogens with one attached hydrogen (secondary N) is 1. The van der Waals surface area contributed by atoms with Crippen LogP contribution in [0.4, 0.5) is 5.69 Å². The van der Waals surface area contributed by atoms with E-state index in [4.69, 9.17) is 9.47 Å². The maximum atomic E-state index is 12.0. The molecule has 0 atom stereocenters. The van der Waals surface area contributed by atoms with Crippen molar-refractivity contribution in [2.45, 2.75) is 32.7 Å². The second-order valence-corrected chi connectivity index (χ2v) is 4.93. The molecule has 9 heteroatoms. The maximum Gasteiger partial charge on any atom is 0.340 e. The van der Waals surface area contributed by atoms with Crippen LogP contribution in [0.25, 0.3) is 0 Å². The predicted octanol–water partition coefficient (Wildman–Crippen LogP) is 1.14. The van der Waals surface area contributed by atoms with Crippen molar-refractivity contribution in [3.05, 3.63) is 39.9 Å². The molecule has 9 nitrogen and oxygen atoms in total. The van der Waals surface area contributed by atoms with Gasteiger partial charge in [-0.1, -0.05) is 12.1 Å². The van der Waals surface area contributed by atoms with Crippen LogP contribution in [-0.2, 0) is 30.3 Å². The number of hydrogen-bond donors (Lipinski definition) is 1. The Hall–Kier alpha value is -2.97. The summed E-state index contributed by atoms with van der Waals surface area (Å²) in [5.74, 6) is -2.37. The van der Waals surface area contributed by atoms with Gasteiger partial charge in [-0.15, -0.1) is 0 Å². The van der Waals surface area contributed by atoms with E-state index in [2.05, 4.69) is 5.32 Å². The van der Waals surface area contributed by atoms with Gasteiger partial charge in [0.2, 0.25) is 11.9 Å². The Labute approximate surface area is 144 Å². The molecule has 0 heterocycles. The molecule has 1 N–H and O–H groups in total. The van der Waals surface area contributed by atoms with Crippen molar-refractivity contribution < 1.29 is 28.8 Å². The summed E-state index contributed by atoms with van der Waals surface area (Å²) < 4.78 is 9.50. The quantitative estimate of drug-likeness (QED) is 0.306. The zero-order valence-electron chi connectivity index (χ0n) is 14.0. The van der Waals surface area contributed by atoms with Gasteiger partial charge in [-0.3, -0.25) is 14.9 Å².